The molecule has 0 aliphatic carbocycles. The molecular weight excluding hydrogens is 695 g/mol. The van der Waals surface area contributed by atoms with E-state index in [1.54, 1.807) is 0 Å². The number of aliphatic carboxylic acids is 1. The maximum absolute atomic E-state index is 12.7. The fourth-order valence-corrected chi connectivity index (χ4v) is 5.41. The van der Waals surface area contributed by atoms with Crippen LogP contribution in [0, 0.1) is 0 Å². The van der Waals surface area contributed by atoms with Crippen LogP contribution in [0.2, 0.25) is 0 Å². The minimum atomic E-state index is -1.63. The molecule has 0 amide bonds. The predicted molar refractivity (Wildman–Crippen MR) is 223 cm³/mol. The van der Waals surface area contributed by atoms with E-state index in [2.05, 4.69) is 74.6 Å². The van der Waals surface area contributed by atoms with Crippen LogP contribution in [0.15, 0.2) is 60.8 Å². The number of quaternary nitrogens is 1. The number of allylic oxidation sites excluding steroid dienone is 10. The van der Waals surface area contributed by atoms with Gasteiger partial charge in [0.1, 0.15) is 13.2 Å². The van der Waals surface area contributed by atoms with Gasteiger partial charge in [0.05, 0.1) is 40.3 Å². The standard InChI is InChI=1S/C46H79NO8/c1-6-8-10-12-14-16-18-20-21-22-23-25-27-29-31-33-35-37-44(49)55-42(41-54-46(45(50)51)52-39-38-47(3,4)5)40-53-43(48)36-34-32-30-28-26-24-19-17-15-13-11-9-7-2/h8,10-11,13-14,16-17,19-21,42,46H,6-7,9,12,15,18,22-41H2,1-5H3/b10-8-,13-11-,16-14-,19-17-,21-20-. The van der Waals surface area contributed by atoms with Crippen LogP contribution >= 0.6 is 0 Å². The van der Waals surface area contributed by atoms with Crippen LogP contribution < -0.4 is 5.11 Å². The molecule has 0 aliphatic heterocycles. The highest BCUT2D eigenvalue weighted by atomic mass is 16.7. The Morgan fingerprint density at radius 1 is 0.564 bits per heavy atom. The molecule has 0 rings (SSSR count). The minimum Gasteiger partial charge on any atom is -0.545 e. The van der Waals surface area contributed by atoms with Gasteiger partial charge in [0, 0.05) is 12.8 Å². The Hall–Kier alpha value is -3.01. The Morgan fingerprint density at radius 2 is 1.04 bits per heavy atom. The molecule has 0 bridgehead atoms. The molecule has 2 unspecified atom stereocenters. The van der Waals surface area contributed by atoms with E-state index in [-0.39, 0.29) is 38.6 Å². The van der Waals surface area contributed by atoms with Crippen molar-refractivity contribution in [3.8, 4) is 0 Å². The van der Waals surface area contributed by atoms with E-state index in [4.69, 9.17) is 18.9 Å². The van der Waals surface area contributed by atoms with Crippen molar-refractivity contribution in [1.29, 1.82) is 0 Å². The first-order valence-electron chi connectivity index (χ1n) is 21.4. The van der Waals surface area contributed by atoms with Crippen molar-refractivity contribution in [2.45, 2.75) is 167 Å². The van der Waals surface area contributed by atoms with Crippen LogP contribution in [0.25, 0.3) is 0 Å². The highest BCUT2D eigenvalue weighted by Crippen LogP contribution is 2.13. The van der Waals surface area contributed by atoms with Gasteiger partial charge in [-0.15, -0.1) is 0 Å². The Bertz CT molecular complexity index is 1090. The Labute approximate surface area is 335 Å². The molecule has 316 valence electrons. The quantitative estimate of drug-likeness (QED) is 0.0201. The number of rotatable bonds is 38. The number of likely N-dealkylation sites (N-methyl/N-ethyl adjacent to an activating group) is 1. The van der Waals surface area contributed by atoms with Crippen LogP contribution in [-0.4, -0.2) is 82.3 Å². The van der Waals surface area contributed by atoms with Crippen molar-refractivity contribution in [2.24, 2.45) is 0 Å². The van der Waals surface area contributed by atoms with Gasteiger partial charge in [-0.05, 0) is 70.6 Å². The predicted octanol–water partition coefficient (Wildman–Crippen LogP) is 9.66. The number of carbonyl (C=O) groups excluding carboxylic acids is 3. The van der Waals surface area contributed by atoms with E-state index >= 15 is 0 Å². The lowest BCUT2D eigenvalue weighted by Gasteiger charge is -2.26. The molecule has 55 heavy (non-hydrogen) atoms. The average Bonchev–Trinajstić information content (AvgIpc) is 3.14. The van der Waals surface area contributed by atoms with E-state index in [1.165, 1.54) is 25.7 Å². The molecule has 0 spiro atoms. The maximum Gasteiger partial charge on any atom is 0.306 e. The van der Waals surface area contributed by atoms with Gasteiger partial charge in [0.15, 0.2) is 12.4 Å². The van der Waals surface area contributed by atoms with E-state index < -0.39 is 24.3 Å². The highest BCUT2D eigenvalue weighted by Gasteiger charge is 2.21. The Kier molecular flexibility index (Phi) is 35.8. The fourth-order valence-electron chi connectivity index (χ4n) is 5.41. The second-order valence-electron chi connectivity index (χ2n) is 15.2. The third-order valence-electron chi connectivity index (χ3n) is 8.73. The van der Waals surface area contributed by atoms with Gasteiger partial charge in [-0.25, -0.2) is 0 Å². The van der Waals surface area contributed by atoms with E-state index in [1.807, 2.05) is 21.1 Å². The smallest absolute Gasteiger partial charge is 0.306 e. The number of hydrogen-bond donors (Lipinski definition) is 0. The SMILES string of the molecule is CC/C=C\C/C=C\C/C=C\CCCCCCCCCC(=O)OC(COC(=O)CCCCCCC/C=C\C/C=C\CCC)COC(OCC[N+](C)(C)C)C(=O)[O-]. The fraction of sp³-hybridized carbons (Fsp3) is 0.717. The molecule has 2 atom stereocenters. The van der Waals surface area contributed by atoms with Gasteiger partial charge in [-0.3, -0.25) is 9.59 Å². The molecule has 0 saturated carbocycles. The number of ether oxygens (including phenoxy) is 4. The number of esters is 2. The lowest BCUT2D eigenvalue weighted by Crippen LogP contribution is -2.44. The molecule has 9 heteroatoms. The largest absolute Gasteiger partial charge is 0.545 e. The first-order valence-corrected chi connectivity index (χ1v) is 21.4. The molecule has 0 aromatic heterocycles. The number of carbonyl (C=O) groups is 3. The molecular formula is C46H79NO8. The van der Waals surface area contributed by atoms with Crippen molar-refractivity contribution in [3.63, 3.8) is 0 Å². The zero-order chi connectivity index (χ0) is 40.7. The molecule has 0 fully saturated rings. The van der Waals surface area contributed by atoms with Crippen molar-refractivity contribution in [2.75, 3.05) is 47.5 Å². The number of carboxylic acids is 1. The van der Waals surface area contributed by atoms with Crippen molar-refractivity contribution in [3.05, 3.63) is 60.8 Å². The van der Waals surface area contributed by atoms with E-state index in [9.17, 15) is 19.5 Å². The van der Waals surface area contributed by atoms with Gasteiger partial charge in [0.2, 0.25) is 0 Å². The highest BCUT2D eigenvalue weighted by molar-refractivity contribution is 5.70. The van der Waals surface area contributed by atoms with Gasteiger partial charge < -0.3 is 33.3 Å². The van der Waals surface area contributed by atoms with Gasteiger partial charge in [-0.1, -0.05) is 132 Å². The lowest BCUT2D eigenvalue weighted by atomic mass is 10.1. The van der Waals surface area contributed by atoms with Crippen LogP contribution in [0.4, 0.5) is 0 Å². The zero-order valence-electron chi connectivity index (χ0n) is 35.5. The second-order valence-corrected chi connectivity index (χ2v) is 15.2. The van der Waals surface area contributed by atoms with Crippen molar-refractivity contribution in [1.82, 2.24) is 0 Å². The topological polar surface area (TPSA) is 111 Å². The van der Waals surface area contributed by atoms with Crippen LogP contribution in [0.1, 0.15) is 155 Å². The molecule has 9 nitrogen and oxygen atoms in total. The molecule has 0 heterocycles. The summed E-state index contributed by atoms with van der Waals surface area (Å²) in [4.78, 5) is 36.9. The molecule has 0 N–H and O–H groups in total. The summed E-state index contributed by atoms with van der Waals surface area (Å²) in [7, 11) is 5.89. The molecule has 0 aromatic carbocycles. The average molecular weight is 774 g/mol. The summed E-state index contributed by atoms with van der Waals surface area (Å²) in [5, 5.41) is 11.7. The first-order chi connectivity index (χ1) is 26.6. The Balaban J connectivity index is 4.51. The van der Waals surface area contributed by atoms with Crippen molar-refractivity contribution >= 4 is 17.9 Å². The Morgan fingerprint density at radius 3 is 1.55 bits per heavy atom. The number of hydrogen-bond acceptors (Lipinski definition) is 8. The van der Waals surface area contributed by atoms with Gasteiger partial charge in [0.25, 0.3) is 0 Å². The number of carboxylic acid groups (broad SMARTS) is 1. The van der Waals surface area contributed by atoms with Crippen molar-refractivity contribution < 1.29 is 42.9 Å². The van der Waals surface area contributed by atoms with Crippen LogP contribution in [0.5, 0.6) is 0 Å². The maximum atomic E-state index is 12.7. The zero-order valence-corrected chi connectivity index (χ0v) is 35.5. The second kappa shape index (κ2) is 37.9. The van der Waals surface area contributed by atoms with Gasteiger partial charge >= 0.3 is 11.9 Å². The number of unbranched alkanes of at least 4 members (excludes halogenated alkanes) is 13. The third kappa shape index (κ3) is 39.0. The summed E-state index contributed by atoms with van der Waals surface area (Å²) in [5.41, 5.74) is 0. The molecule has 0 aromatic rings. The summed E-state index contributed by atoms with van der Waals surface area (Å²) >= 11 is 0. The molecule has 0 saturated heterocycles. The molecule has 0 aliphatic rings. The summed E-state index contributed by atoms with van der Waals surface area (Å²) in [6.07, 6.45) is 41.0. The lowest BCUT2D eigenvalue weighted by molar-refractivity contribution is -0.870. The molecule has 0 radical (unpaired) electrons. The normalized spacial score (nSPS) is 13.5. The monoisotopic (exact) mass is 774 g/mol. The number of nitrogens with zero attached hydrogens (tertiary/aromatic N) is 1. The van der Waals surface area contributed by atoms with E-state index in [0.29, 0.717) is 17.4 Å². The van der Waals surface area contributed by atoms with Crippen LogP contribution in [-0.2, 0) is 33.3 Å². The summed E-state index contributed by atoms with van der Waals surface area (Å²) < 4.78 is 22.5. The minimum absolute atomic E-state index is 0.140. The van der Waals surface area contributed by atoms with E-state index in [0.717, 1.165) is 96.3 Å². The summed E-state index contributed by atoms with van der Waals surface area (Å²) in [6, 6.07) is 0. The first kappa shape index (κ1) is 52.0. The summed E-state index contributed by atoms with van der Waals surface area (Å²) in [6.45, 7) is 4.51. The third-order valence-corrected chi connectivity index (χ3v) is 8.73. The summed E-state index contributed by atoms with van der Waals surface area (Å²) in [5.74, 6) is -2.33. The van der Waals surface area contributed by atoms with Crippen LogP contribution in [0.3, 0.4) is 0 Å². The van der Waals surface area contributed by atoms with Gasteiger partial charge in [-0.2, -0.15) is 0 Å².